The van der Waals surface area contributed by atoms with Crippen LogP contribution in [0.5, 0.6) is 11.5 Å². The average Bonchev–Trinajstić information content (AvgIpc) is 2.60. The molecule has 0 radical (unpaired) electrons. The standard InChI is InChI=1S/C18H21NO4/c1-19(18(21)13-7-5-4-6-8-13)12-15(20)14-9-10-16(22-2)17(11-14)23-3/h4-11,15,20H,12H2,1-3H3. The minimum absolute atomic E-state index is 0.134. The summed E-state index contributed by atoms with van der Waals surface area (Å²) in [4.78, 5) is 13.8. The summed E-state index contributed by atoms with van der Waals surface area (Å²) >= 11 is 0. The normalized spacial score (nSPS) is 11.7. The van der Waals surface area contributed by atoms with Gasteiger partial charge in [-0.15, -0.1) is 0 Å². The summed E-state index contributed by atoms with van der Waals surface area (Å²) in [5.74, 6) is 1.00. The summed E-state index contributed by atoms with van der Waals surface area (Å²) in [5.41, 5.74) is 1.25. The minimum atomic E-state index is -0.813. The van der Waals surface area contributed by atoms with Gasteiger partial charge in [0.15, 0.2) is 11.5 Å². The van der Waals surface area contributed by atoms with Gasteiger partial charge in [-0.05, 0) is 29.8 Å². The average molecular weight is 315 g/mol. The molecule has 0 saturated carbocycles. The van der Waals surface area contributed by atoms with Gasteiger partial charge in [-0.25, -0.2) is 0 Å². The molecule has 0 spiro atoms. The fraction of sp³-hybridized carbons (Fsp3) is 0.278. The Balaban J connectivity index is 2.09. The monoisotopic (exact) mass is 315 g/mol. The number of nitrogens with zero attached hydrogens (tertiary/aromatic N) is 1. The number of carbonyl (C=O) groups is 1. The van der Waals surface area contributed by atoms with Gasteiger partial charge in [0, 0.05) is 12.6 Å². The molecule has 0 saturated heterocycles. The molecule has 0 aliphatic rings. The summed E-state index contributed by atoms with van der Waals surface area (Å²) in [6.45, 7) is 0.184. The van der Waals surface area contributed by atoms with E-state index in [9.17, 15) is 9.90 Å². The quantitative estimate of drug-likeness (QED) is 0.890. The van der Waals surface area contributed by atoms with Crippen LogP contribution in [0.4, 0.5) is 0 Å². The van der Waals surface area contributed by atoms with Crippen LogP contribution in [-0.2, 0) is 0 Å². The van der Waals surface area contributed by atoms with Gasteiger partial charge in [0.2, 0.25) is 0 Å². The molecule has 122 valence electrons. The first-order chi connectivity index (χ1) is 11.1. The maximum absolute atomic E-state index is 12.3. The Labute approximate surface area is 136 Å². The molecule has 2 rings (SSSR count). The van der Waals surface area contributed by atoms with Crippen molar-refractivity contribution in [3.63, 3.8) is 0 Å². The second kappa shape index (κ2) is 7.65. The Morgan fingerprint density at radius 3 is 2.35 bits per heavy atom. The van der Waals surface area contributed by atoms with Crippen LogP contribution in [0.2, 0.25) is 0 Å². The summed E-state index contributed by atoms with van der Waals surface area (Å²) in [6, 6.07) is 14.2. The predicted molar refractivity (Wildman–Crippen MR) is 87.9 cm³/mol. The van der Waals surface area contributed by atoms with E-state index in [1.54, 1.807) is 51.6 Å². The molecular formula is C18H21NO4. The van der Waals surface area contributed by atoms with Crippen LogP contribution in [0.25, 0.3) is 0 Å². The zero-order chi connectivity index (χ0) is 16.8. The number of rotatable bonds is 6. The van der Waals surface area contributed by atoms with Crippen molar-refractivity contribution in [1.29, 1.82) is 0 Å². The highest BCUT2D eigenvalue weighted by atomic mass is 16.5. The lowest BCUT2D eigenvalue weighted by Gasteiger charge is -2.22. The van der Waals surface area contributed by atoms with Crippen LogP contribution >= 0.6 is 0 Å². The summed E-state index contributed by atoms with van der Waals surface area (Å²) < 4.78 is 10.4. The van der Waals surface area contributed by atoms with Crippen molar-refractivity contribution in [2.45, 2.75) is 6.10 Å². The van der Waals surface area contributed by atoms with Gasteiger partial charge in [-0.3, -0.25) is 4.79 Å². The molecule has 5 heteroatoms. The highest BCUT2D eigenvalue weighted by Gasteiger charge is 2.18. The molecule has 23 heavy (non-hydrogen) atoms. The highest BCUT2D eigenvalue weighted by molar-refractivity contribution is 5.94. The number of hydrogen-bond donors (Lipinski definition) is 1. The Kier molecular flexibility index (Phi) is 5.60. The number of carbonyl (C=O) groups excluding carboxylic acids is 1. The molecule has 0 fully saturated rings. The SMILES string of the molecule is COc1ccc(C(O)CN(C)C(=O)c2ccccc2)cc1OC. The van der Waals surface area contributed by atoms with Gasteiger partial charge in [0.25, 0.3) is 5.91 Å². The van der Waals surface area contributed by atoms with E-state index in [1.807, 2.05) is 18.2 Å². The zero-order valence-corrected chi connectivity index (χ0v) is 13.5. The van der Waals surface area contributed by atoms with Gasteiger partial charge < -0.3 is 19.5 Å². The van der Waals surface area contributed by atoms with E-state index in [1.165, 1.54) is 4.90 Å². The fourth-order valence-corrected chi connectivity index (χ4v) is 2.31. The lowest BCUT2D eigenvalue weighted by atomic mass is 10.1. The topological polar surface area (TPSA) is 59.0 Å². The number of methoxy groups -OCH3 is 2. The third-order valence-corrected chi connectivity index (χ3v) is 3.61. The van der Waals surface area contributed by atoms with Crippen molar-refractivity contribution < 1.29 is 19.4 Å². The third-order valence-electron chi connectivity index (χ3n) is 3.61. The van der Waals surface area contributed by atoms with Crippen molar-refractivity contribution in [2.24, 2.45) is 0 Å². The van der Waals surface area contributed by atoms with Crippen LogP contribution in [0.3, 0.4) is 0 Å². The molecule has 2 aromatic carbocycles. The second-order valence-electron chi connectivity index (χ2n) is 5.18. The molecule has 1 amide bonds. The first-order valence-corrected chi connectivity index (χ1v) is 7.27. The number of aliphatic hydroxyl groups excluding tert-OH is 1. The molecule has 0 heterocycles. The van der Waals surface area contributed by atoms with E-state index < -0.39 is 6.10 Å². The number of ether oxygens (including phenoxy) is 2. The van der Waals surface area contributed by atoms with Crippen LogP contribution in [0, 0.1) is 0 Å². The number of amides is 1. The molecular weight excluding hydrogens is 294 g/mol. The number of likely N-dealkylation sites (N-methyl/N-ethyl adjacent to an activating group) is 1. The summed E-state index contributed by atoms with van der Waals surface area (Å²) in [6.07, 6.45) is -0.813. The molecule has 1 unspecified atom stereocenters. The summed E-state index contributed by atoms with van der Waals surface area (Å²) in [7, 11) is 4.76. The first-order valence-electron chi connectivity index (χ1n) is 7.27. The van der Waals surface area contributed by atoms with E-state index >= 15 is 0 Å². The first kappa shape index (κ1) is 16.8. The molecule has 0 aliphatic carbocycles. The van der Waals surface area contributed by atoms with Gasteiger partial charge >= 0.3 is 0 Å². The van der Waals surface area contributed by atoms with E-state index in [2.05, 4.69) is 0 Å². The predicted octanol–water partition coefficient (Wildman–Crippen LogP) is 2.51. The minimum Gasteiger partial charge on any atom is -0.493 e. The van der Waals surface area contributed by atoms with Crippen LogP contribution in [0.15, 0.2) is 48.5 Å². The van der Waals surface area contributed by atoms with Crippen molar-refractivity contribution in [1.82, 2.24) is 4.90 Å². The number of hydrogen-bond acceptors (Lipinski definition) is 4. The van der Waals surface area contributed by atoms with Gasteiger partial charge in [0.1, 0.15) is 0 Å². The Morgan fingerprint density at radius 2 is 1.74 bits per heavy atom. The zero-order valence-electron chi connectivity index (χ0n) is 13.5. The van der Waals surface area contributed by atoms with Crippen LogP contribution < -0.4 is 9.47 Å². The van der Waals surface area contributed by atoms with Crippen molar-refractivity contribution in [3.05, 3.63) is 59.7 Å². The molecule has 1 atom stereocenters. The van der Waals surface area contributed by atoms with E-state index in [0.29, 0.717) is 22.6 Å². The lowest BCUT2D eigenvalue weighted by molar-refractivity contribution is 0.0680. The summed E-state index contributed by atoms with van der Waals surface area (Å²) in [5, 5.41) is 10.4. The largest absolute Gasteiger partial charge is 0.493 e. The molecule has 2 aromatic rings. The molecule has 0 aromatic heterocycles. The number of benzene rings is 2. The molecule has 1 N–H and O–H groups in total. The van der Waals surface area contributed by atoms with Crippen molar-refractivity contribution in [2.75, 3.05) is 27.8 Å². The van der Waals surface area contributed by atoms with E-state index in [-0.39, 0.29) is 12.5 Å². The Morgan fingerprint density at radius 1 is 1.09 bits per heavy atom. The molecule has 5 nitrogen and oxygen atoms in total. The van der Waals surface area contributed by atoms with Crippen molar-refractivity contribution in [3.8, 4) is 11.5 Å². The van der Waals surface area contributed by atoms with Crippen molar-refractivity contribution >= 4 is 5.91 Å². The maximum atomic E-state index is 12.3. The Hall–Kier alpha value is -2.53. The maximum Gasteiger partial charge on any atom is 0.253 e. The lowest BCUT2D eigenvalue weighted by Crippen LogP contribution is -2.31. The van der Waals surface area contributed by atoms with E-state index in [4.69, 9.17) is 9.47 Å². The van der Waals surface area contributed by atoms with Crippen LogP contribution in [0.1, 0.15) is 22.0 Å². The van der Waals surface area contributed by atoms with Crippen LogP contribution in [-0.4, -0.2) is 43.7 Å². The van der Waals surface area contributed by atoms with Gasteiger partial charge in [-0.1, -0.05) is 24.3 Å². The fourth-order valence-electron chi connectivity index (χ4n) is 2.31. The number of aliphatic hydroxyl groups is 1. The molecule has 0 bridgehead atoms. The molecule has 0 aliphatic heterocycles. The van der Waals surface area contributed by atoms with E-state index in [0.717, 1.165) is 0 Å². The van der Waals surface area contributed by atoms with Gasteiger partial charge in [0.05, 0.1) is 26.9 Å². The Bertz CT molecular complexity index is 657. The van der Waals surface area contributed by atoms with Gasteiger partial charge in [-0.2, -0.15) is 0 Å². The third kappa shape index (κ3) is 4.02. The second-order valence-corrected chi connectivity index (χ2v) is 5.18. The smallest absolute Gasteiger partial charge is 0.253 e. The highest BCUT2D eigenvalue weighted by Crippen LogP contribution is 2.30.